The summed E-state index contributed by atoms with van der Waals surface area (Å²) in [7, 11) is 0. The van der Waals surface area contributed by atoms with Gasteiger partial charge >= 0.3 is 0 Å². The first-order valence-corrected chi connectivity index (χ1v) is 6.46. The van der Waals surface area contributed by atoms with E-state index in [1.54, 1.807) is 4.90 Å². The summed E-state index contributed by atoms with van der Waals surface area (Å²) in [5, 5.41) is 9.13. The molecule has 18 heavy (non-hydrogen) atoms. The summed E-state index contributed by atoms with van der Waals surface area (Å²) in [6.45, 7) is 12.8. The molecule has 0 aliphatic carbocycles. The monoisotopic (exact) mass is 252 g/mol. The molecule has 1 amide bonds. The van der Waals surface area contributed by atoms with Crippen molar-refractivity contribution in [2.75, 3.05) is 13.1 Å². The standard InChI is InChI=1S/C14H24N2O2/c1-10(2)11(7-15)12(17)16-8-13(3,4)18-14(5,6)9-16/h10-11H,8-9H2,1-6H3. The summed E-state index contributed by atoms with van der Waals surface area (Å²) < 4.78 is 5.94. The highest BCUT2D eigenvalue weighted by Crippen LogP contribution is 2.29. The third-order valence-corrected chi connectivity index (χ3v) is 3.08. The van der Waals surface area contributed by atoms with Crippen molar-refractivity contribution in [1.82, 2.24) is 4.90 Å². The number of carbonyl (C=O) groups excluding carboxylic acids is 1. The SMILES string of the molecule is CC(C)C(C#N)C(=O)N1CC(C)(C)OC(C)(C)C1. The third kappa shape index (κ3) is 3.46. The average Bonchev–Trinajstić information content (AvgIpc) is 2.12. The van der Waals surface area contributed by atoms with Gasteiger partial charge < -0.3 is 9.64 Å². The molecule has 1 atom stereocenters. The van der Waals surface area contributed by atoms with E-state index in [1.165, 1.54) is 0 Å². The van der Waals surface area contributed by atoms with Gasteiger partial charge in [-0.15, -0.1) is 0 Å². The van der Waals surface area contributed by atoms with Crippen molar-refractivity contribution < 1.29 is 9.53 Å². The lowest BCUT2D eigenvalue weighted by molar-refractivity contribution is -0.189. The Balaban J connectivity index is 2.90. The first-order chi connectivity index (χ1) is 8.08. The van der Waals surface area contributed by atoms with Crippen LogP contribution in [0.1, 0.15) is 41.5 Å². The second-order valence-electron chi connectivity index (χ2n) is 6.67. The Bertz CT molecular complexity index is 350. The Morgan fingerprint density at radius 1 is 1.22 bits per heavy atom. The van der Waals surface area contributed by atoms with Gasteiger partial charge in [-0.1, -0.05) is 13.8 Å². The van der Waals surface area contributed by atoms with Crippen LogP contribution in [0.25, 0.3) is 0 Å². The van der Waals surface area contributed by atoms with Gasteiger partial charge in [0.2, 0.25) is 5.91 Å². The van der Waals surface area contributed by atoms with Crippen LogP contribution in [-0.2, 0) is 9.53 Å². The fourth-order valence-electron chi connectivity index (χ4n) is 2.63. The summed E-state index contributed by atoms with van der Waals surface area (Å²) in [5.41, 5.74) is -0.733. The van der Waals surface area contributed by atoms with Crippen LogP contribution in [0.5, 0.6) is 0 Å². The molecule has 0 radical (unpaired) electrons. The largest absolute Gasteiger partial charge is 0.366 e. The quantitative estimate of drug-likeness (QED) is 0.757. The molecular weight excluding hydrogens is 228 g/mol. The molecule has 0 aromatic carbocycles. The second-order valence-corrected chi connectivity index (χ2v) is 6.67. The molecule has 4 nitrogen and oxygen atoms in total. The molecule has 4 heteroatoms. The van der Waals surface area contributed by atoms with Crippen molar-refractivity contribution in [2.24, 2.45) is 11.8 Å². The van der Waals surface area contributed by atoms with Crippen LogP contribution >= 0.6 is 0 Å². The van der Waals surface area contributed by atoms with E-state index in [1.807, 2.05) is 41.5 Å². The van der Waals surface area contributed by atoms with Gasteiger partial charge in [0.1, 0.15) is 5.92 Å². The van der Waals surface area contributed by atoms with E-state index in [9.17, 15) is 4.79 Å². The number of ether oxygens (including phenoxy) is 1. The molecule has 1 unspecified atom stereocenters. The number of amides is 1. The molecule has 1 rings (SSSR count). The molecule has 1 aliphatic rings. The minimum Gasteiger partial charge on any atom is -0.366 e. The lowest BCUT2D eigenvalue weighted by atomic mass is 9.92. The summed E-state index contributed by atoms with van der Waals surface area (Å²) in [6, 6.07) is 2.12. The van der Waals surface area contributed by atoms with Crippen LogP contribution in [0.2, 0.25) is 0 Å². The number of nitrogens with zero attached hydrogens (tertiary/aromatic N) is 2. The normalized spacial score (nSPS) is 23.6. The Hall–Kier alpha value is -1.08. The smallest absolute Gasteiger partial charge is 0.240 e. The van der Waals surface area contributed by atoms with E-state index in [-0.39, 0.29) is 23.0 Å². The van der Waals surface area contributed by atoms with Gasteiger partial charge in [-0.05, 0) is 33.6 Å². The van der Waals surface area contributed by atoms with E-state index >= 15 is 0 Å². The number of rotatable bonds is 2. The molecule has 0 spiro atoms. The predicted octanol–water partition coefficient (Wildman–Crippen LogP) is 2.20. The molecule has 102 valence electrons. The maximum Gasteiger partial charge on any atom is 0.240 e. The lowest BCUT2D eigenvalue weighted by Gasteiger charge is -2.47. The molecule has 1 fully saturated rings. The van der Waals surface area contributed by atoms with Crippen LogP contribution in [0.15, 0.2) is 0 Å². The molecule has 0 aromatic heterocycles. The van der Waals surface area contributed by atoms with E-state index in [0.717, 1.165) is 0 Å². The summed E-state index contributed by atoms with van der Waals surface area (Å²) >= 11 is 0. The fraction of sp³-hybridized carbons (Fsp3) is 0.857. The van der Waals surface area contributed by atoms with Crippen LogP contribution < -0.4 is 0 Å². The van der Waals surface area contributed by atoms with Crippen molar-refractivity contribution in [3.8, 4) is 6.07 Å². The molecular formula is C14H24N2O2. The fourth-order valence-corrected chi connectivity index (χ4v) is 2.63. The number of morpholine rings is 1. The molecule has 0 aromatic rings. The molecule has 0 N–H and O–H groups in total. The minimum absolute atomic E-state index is 0.0385. The predicted molar refractivity (Wildman–Crippen MR) is 69.8 cm³/mol. The van der Waals surface area contributed by atoms with E-state index < -0.39 is 5.92 Å². The zero-order chi connectivity index (χ0) is 14.1. The molecule has 0 saturated carbocycles. The number of hydrogen-bond acceptors (Lipinski definition) is 3. The van der Waals surface area contributed by atoms with Gasteiger partial charge in [0.25, 0.3) is 0 Å². The molecule has 0 bridgehead atoms. The number of nitriles is 1. The summed E-state index contributed by atoms with van der Waals surface area (Å²) in [5.74, 6) is -0.594. The van der Waals surface area contributed by atoms with E-state index in [0.29, 0.717) is 13.1 Å². The van der Waals surface area contributed by atoms with Crippen LogP contribution in [0.3, 0.4) is 0 Å². The van der Waals surface area contributed by atoms with Gasteiger partial charge in [0, 0.05) is 13.1 Å². The van der Waals surface area contributed by atoms with Gasteiger partial charge in [-0.2, -0.15) is 5.26 Å². The van der Waals surface area contributed by atoms with Gasteiger partial charge in [0.05, 0.1) is 17.3 Å². The van der Waals surface area contributed by atoms with Crippen molar-refractivity contribution in [2.45, 2.75) is 52.7 Å². The second kappa shape index (κ2) is 4.89. The zero-order valence-corrected chi connectivity index (χ0v) is 12.3. The van der Waals surface area contributed by atoms with Crippen LogP contribution in [-0.4, -0.2) is 35.1 Å². The number of carbonyl (C=O) groups is 1. The first-order valence-electron chi connectivity index (χ1n) is 6.46. The minimum atomic E-state index is -0.560. The maximum atomic E-state index is 12.4. The summed E-state index contributed by atoms with van der Waals surface area (Å²) in [6.07, 6.45) is 0. The number of hydrogen-bond donors (Lipinski definition) is 0. The van der Waals surface area contributed by atoms with Gasteiger partial charge in [-0.25, -0.2) is 0 Å². The highest BCUT2D eigenvalue weighted by molar-refractivity contribution is 5.81. The van der Waals surface area contributed by atoms with Crippen LogP contribution in [0.4, 0.5) is 0 Å². The van der Waals surface area contributed by atoms with E-state index in [4.69, 9.17) is 10.00 Å². The topological polar surface area (TPSA) is 53.3 Å². The summed E-state index contributed by atoms with van der Waals surface area (Å²) in [4.78, 5) is 14.2. The molecule has 1 saturated heterocycles. The molecule has 1 heterocycles. The highest BCUT2D eigenvalue weighted by atomic mass is 16.5. The van der Waals surface area contributed by atoms with Crippen molar-refractivity contribution in [3.63, 3.8) is 0 Å². The highest BCUT2D eigenvalue weighted by Gasteiger charge is 2.41. The maximum absolute atomic E-state index is 12.4. The Morgan fingerprint density at radius 2 is 1.67 bits per heavy atom. The Labute approximate surface area is 110 Å². The van der Waals surface area contributed by atoms with Gasteiger partial charge in [0.15, 0.2) is 0 Å². The molecule has 1 aliphatic heterocycles. The lowest BCUT2D eigenvalue weighted by Crippen LogP contribution is -2.59. The van der Waals surface area contributed by atoms with Gasteiger partial charge in [-0.3, -0.25) is 4.79 Å². The van der Waals surface area contributed by atoms with Crippen molar-refractivity contribution >= 4 is 5.91 Å². The third-order valence-electron chi connectivity index (χ3n) is 3.08. The van der Waals surface area contributed by atoms with E-state index in [2.05, 4.69) is 6.07 Å². The Morgan fingerprint density at radius 3 is 2.00 bits per heavy atom. The van der Waals surface area contributed by atoms with Crippen LogP contribution in [0, 0.1) is 23.2 Å². The first kappa shape index (κ1) is 15.0. The van der Waals surface area contributed by atoms with Crippen molar-refractivity contribution in [3.05, 3.63) is 0 Å². The Kier molecular flexibility index (Phi) is 4.07. The average molecular weight is 252 g/mol. The van der Waals surface area contributed by atoms with Crippen molar-refractivity contribution in [1.29, 1.82) is 5.26 Å². The zero-order valence-electron chi connectivity index (χ0n) is 12.3.